The first-order chi connectivity index (χ1) is 31.9. The number of aliphatic hydroxyl groups is 1. The third kappa shape index (κ3) is 12.4. The van der Waals surface area contributed by atoms with Gasteiger partial charge >= 0.3 is 0 Å². The lowest BCUT2D eigenvalue weighted by Crippen LogP contribution is -2.58. The molecule has 0 radical (unpaired) electrons. The lowest BCUT2D eigenvalue weighted by atomic mass is 9.85. The fourth-order valence-corrected chi connectivity index (χ4v) is 8.63. The average molecular weight is 957 g/mol. The summed E-state index contributed by atoms with van der Waals surface area (Å²) in [6.45, 7) is 12.6. The molecule has 2 aliphatic rings. The number of amides is 4. The van der Waals surface area contributed by atoms with E-state index < -0.39 is 46.9 Å². The van der Waals surface area contributed by atoms with Crippen molar-refractivity contribution >= 4 is 63.9 Å². The Kier molecular flexibility index (Phi) is 16.8. The summed E-state index contributed by atoms with van der Waals surface area (Å²) in [6, 6.07) is 19.8. The maximum atomic E-state index is 13.9. The average Bonchev–Trinajstić information content (AvgIpc) is 3.96. The topological polar surface area (TPSA) is 200 Å². The van der Waals surface area contributed by atoms with Crippen molar-refractivity contribution in [2.45, 2.75) is 97.5 Å². The van der Waals surface area contributed by atoms with Crippen LogP contribution in [-0.4, -0.2) is 107 Å². The lowest BCUT2D eigenvalue weighted by molar-refractivity contribution is -0.144. The zero-order valence-corrected chi connectivity index (χ0v) is 40.2. The summed E-state index contributed by atoms with van der Waals surface area (Å²) in [5, 5.41) is 26.0. The Labute approximate surface area is 401 Å². The number of aliphatic hydroxyl groups excluding tert-OH is 1. The number of rotatable bonds is 20. The van der Waals surface area contributed by atoms with Crippen LogP contribution in [0.15, 0.2) is 77.5 Å². The highest BCUT2D eigenvalue weighted by atomic mass is 35.5. The van der Waals surface area contributed by atoms with Gasteiger partial charge in [0.25, 0.3) is 5.91 Å². The summed E-state index contributed by atoms with van der Waals surface area (Å²) < 4.78 is 22.8. The van der Waals surface area contributed by atoms with Gasteiger partial charge in [-0.2, -0.15) is 5.26 Å². The van der Waals surface area contributed by atoms with E-state index in [2.05, 4.69) is 15.6 Å². The zero-order chi connectivity index (χ0) is 48.5. The van der Waals surface area contributed by atoms with Crippen LogP contribution in [0, 0.1) is 23.7 Å². The number of halogens is 1. The highest BCUT2D eigenvalue weighted by Crippen LogP contribution is 2.38. The van der Waals surface area contributed by atoms with Gasteiger partial charge in [0, 0.05) is 50.6 Å². The molecular weight excluding hydrogens is 898 g/mol. The Hall–Kier alpha value is -5.90. The number of oxazole rings is 1. The Morgan fingerprint density at radius 2 is 1.67 bits per heavy atom. The number of carbonyl (C=O) groups excluding carboxylic acids is 4. The highest BCUT2D eigenvalue weighted by Gasteiger charge is 2.50. The summed E-state index contributed by atoms with van der Waals surface area (Å²) in [5.74, 6) is -0.181. The number of hydrogen-bond donors (Lipinski definition) is 3. The van der Waals surface area contributed by atoms with Gasteiger partial charge in [0.2, 0.25) is 17.7 Å². The molecule has 356 valence electrons. The molecule has 6 rings (SSSR count). The molecule has 2 aliphatic heterocycles. The number of benzene rings is 3. The molecule has 16 nitrogen and oxygen atoms in total. The van der Waals surface area contributed by atoms with Gasteiger partial charge in [-0.3, -0.25) is 24.1 Å². The van der Waals surface area contributed by atoms with Crippen LogP contribution in [0.1, 0.15) is 77.1 Å². The number of aryl methyl sites for hydroxylation is 1. The molecule has 18 heteroatoms. The molecule has 0 spiro atoms. The number of ether oxygens (including phenoxy) is 3. The molecule has 1 aromatic heterocycles. The first-order valence-corrected chi connectivity index (χ1v) is 23.0. The number of β-amino-alcohol motifs (C(OH)–C–C–N with tert-alkyl or cyclic N) is 1. The van der Waals surface area contributed by atoms with E-state index in [9.17, 15) is 29.5 Å². The lowest BCUT2D eigenvalue weighted by Gasteiger charge is -2.35. The third-order valence-corrected chi connectivity index (χ3v) is 12.2. The normalized spacial score (nSPS) is 17.4. The van der Waals surface area contributed by atoms with Gasteiger partial charge in [0.1, 0.15) is 36.0 Å². The molecule has 2 fully saturated rings. The highest BCUT2D eigenvalue weighted by molar-refractivity contribution is 7.81. The van der Waals surface area contributed by atoms with Crippen LogP contribution < -0.4 is 25.2 Å². The summed E-state index contributed by atoms with van der Waals surface area (Å²) in [7, 11) is 0. The molecular formula is C49H58ClN7O9S. The van der Waals surface area contributed by atoms with Crippen LogP contribution in [0.25, 0.3) is 11.3 Å². The first-order valence-electron chi connectivity index (χ1n) is 22.2. The van der Waals surface area contributed by atoms with E-state index in [1.54, 1.807) is 36.9 Å². The summed E-state index contributed by atoms with van der Waals surface area (Å²) in [4.78, 5) is 62.5. The molecule has 67 heavy (non-hydrogen) atoms. The summed E-state index contributed by atoms with van der Waals surface area (Å²) in [5.41, 5.74) is 2.34. The number of nitrogens with zero attached hydrogens (tertiary/aromatic N) is 5. The number of carbonyl (C=O) groups is 4. The molecule has 3 atom stereocenters. The van der Waals surface area contributed by atoms with E-state index >= 15 is 0 Å². The van der Waals surface area contributed by atoms with Crippen molar-refractivity contribution in [3.05, 3.63) is 95.0 Å². The Balaban J connectivity index is 0.856. The number of likely N-dealkylation sites (tertiary alicyclic amines) is 1. The predicted octanol–water partition coefficient (Wildman–Crippen LogP) is 6.48. The Bertz CT molecular complexity index is 2450. The number of aromatic nitrogens is 1. The smallest absolute Gasteiger partial charge is 0.259 e. The standard InChI is InChI=1S/C49H58ClN7O9S/c1-31-42(66-30-53-31)33-12-10-32(11-13-33)27-52-44(60)40-25-37(58)28-55(40)45(61)43(48(2,3)4)54-41(59)29-64-22-9-21-63-20-7-8-23-65-38-18-16-35(17-19-38)57-47(67)56(46(62)49(57,5)6)36-15-14-34(26-51)39(50)24-36/h10-19,24,30,37,40,43,58H,7-9,20-23,25,27-29H2,1-6H3,(H,52,60)(H,54,59)/t37-,40+,43-/m1/s1. The van der Waals surface area contributed by atoms with E-state index in [1.165, 1.54) is 16.2 Å². The van der Waals surface area contributed by atoms with Crippen molar-refractivity contribution in [3.8, 4) is 23.1 Å². The van der Waals surface area contributed by atoms with Gasteiger partial charge < -0.3 is 44.2 Å². The second-order valence-electron chi connectivity index (χ2n) is 18.1. The number of thiocarbonyl (C=S) groups is 1. The second kappa shape index (κ2) is 22.3. The molecule has 4 amide bonds. The van der Waals surface area contributed by atoms with Crippen LogP contribution in [0.5, 0.6) is 5.75 Å². The van der Waals surface area contributed by atoms with Gasteiger partial charge in [0.15, 0.2) is 17.3 Å². The zero-order valence-electron chi connectivity index (χ0n) is 38.7. The molecule has 4 aromatic rings. The minimum Gasteiger partial charge on any atom is -0.494 e. The summed E-state index contributed by atoms with van der Waals surface area (Å²) >= 11 is 12.0. The molecule has 3 heterocycles. The van der Waals surface area contributed by atoms with E-state index in [4.69, 9.17) is 42.4 Å². The van der Waals surface area contributed by atoms with Crippen molar-refractivity contribution in [1.82, 2.24) is 20.5 Å². The fourth-order valence-electron chi connectivity index (χ4n) is 7.89. The van der Waals surface area contributed by atoms with Crippen molar-refractivity contribution < 1.29 is 42.9 Å². The van der Waals surface area contributed by atoms with Crippen LogP contribution in [0.4, 0.5) is 11.4 Å². The number of nitrogens with one attached hydrogen (secondary N) is 2. The fraction of sp³-hybridized carbons (Fsp3) is 0.449. The van der Waals surface area contributed by atoms with Crippen LogP contribution in [-0.2, 0) is 35.2 Å². The number of hydrogen-bond acceptors (Lipinski definition) is 12. The Morgan fingerprint density at radius 3 is 2.33 bits per heavy atom. The third-order valence-electron chi connectivity index (χ3n) is 11.6. The van der Waals surface area contributed by atoms with E-state index in [0.29, 0.717) is 54.1 Å². The quantitative estimate of drug-likeness (QED) is 0.0643. The largest absolute Gasteiger partial charge is 0.494 e. The van der Waals surface area contributed by atoms with E-state index in [1.807, 2.05) is 82.3 Å². The molecule has 0 saturated carbocycles. The van der Waals surface area contributed by atoms with E-state index in [-0.39, 0.29) is 43.7 Å². The van der Waals surface area contributed by atoms with E-state index in [0.717, 1.165) is 35.3 Å². The van der Waals surface area contributed by atoms with Gasteiger partial charge in [-0.15, -0.1) is 0 Å². The van der Waals surface area contributed by atoms with Crippen LogP contribution in [0.3, 0.4) is 0 Å². The Morgan fingerprint density at radius 1 is 1.00 bits per heavy atom. The number of unbranched alkanes of at least 4 members (excludes halogenated alkanes) is 1. The number of anilines is 2. The minimum absolute atomic E-state index is 0.0268. The number of nitriles is 1. The summed E-state index contributed by atoms with van der Waals surface area (Å²) in [6.07, 6.45) is 2.68. The molecule has 3 aromatic carbocycles. The minimum atomic E-state index is -0.970. The molecule has 0 bridgehead atoms. The van der Waals surface area contributed by atoms with Gasteiger partial charge in [-0.25, -0.2) is 4.98 Å². The SMILES string of the molecule is Cc1ncoc1-c1ccc(CNC(=O)[C@@H]2C[C@@H](O)CN2C(=O)[C@@H](NC(=O)COCCCOCCCCOc2ccc(N3C(=S)N(c4ccc(C#N)c(Cl)c4)C(=O)C3(C)C)cc2)C(C)(C)C)cc1. The second-order valence-corrected chi connectivity index (χ2v) is 18.9. The predicted molar refractivity (Wildman–Crippen MR) is 256 cm³/mol. The molecule has 0 aliphatic carbocycles. The molecule has 2 saturated heterocycles. The van der Waals surface area contributed by atoms with Crippen molar-refractivity contribution in [2.24, 2.45) is 5.41 Å². The van der Waals surface area contributed by atoms with Crippen molar-refractivity contribution in [1.29, 1.82) is 5.26 Å². The van der Waals surface area contributed by atoms with Gasteiger partial charge in [-0.1, -0.05) is 56.6 Å². The first kappa shape index (κ1) is 50.5. The van der Waals surface area contributed by atoms with Crippen molar-refractivity contribution in [3.63, 3.8) is 0 Å². The molecule has 0 unspecified atom stereocenters. The van der Waals surface area contributed by atoms with Crippen LogP contribution >= 0.6 is 23.8 Å². The van der Waals surface area contributed by atoms with Gasteiger partial charge in [-0.05, 0) is 106 Å². The van der Waals surface area contributed by atoms with Gasteiger partial charge in [0.05, 0.1) is 34.7 Å². The molecule has 3 N–H and O–H groups in total. The maximum absolute atomic E-state index is 13.9. The monoisotopic (exact) mass is 955 g/mol. The van der Waals surface area contributed by atoms with Crippen LogP contribution in [0.2, 0.25) is 5.02 Å². The van der Waals surface area contributed by atoms with Crippen molar-refractivity contribution in [2.75, 3.05) is 49.4 Å². The maximum Gasteiger partial charge on any atom is 0.259 e.